The number of fused-ring (bicyclic) bond motifs is 1. The average molecular weight is 459 g/mol. The van der Waals surface area contributed by atoms with Crippen molar-refractivity contribution in [1.29, 1.82) is 0 Å². The van der Waals surface area contributed by atoms with Gasteiger partial charge in [-0.3, -0.25) is 9.00 Å². The van der Waals surface area contributed by atoms with Crippen molar-refractivity contribution in [2.24, 2.45) is 0 Å². The molecule has 3 aromatic carbocycles. The van der Waals surface area contributed by atoms with Crippen LogP contribution < -0.4 is 10.3 Å². The zero-order valence-electron chi connectivity index (χ0n) is 16.2. The van der Waals surface area contributed by atoms with Crippen LogP contribution in [0.4, 0.5) is 4.39 Å². The van der Waals surface area contributed by atoms with Gasteiger partial charge >= 0.3 is 0 Å². The number of benzene rings is 3. The lowest BCUT2D eigenvalue weighted by molar-refractivity contribution is 0.522. The molecule has 4 rings (SSSR count). The van der Waals surface area contributed by atoms with Crippen LogP contribution in [-0.4, -0.2) is 18.5 Å². The number of halogens is 2. The molecule has 1 aromatic heterocycles. The molecular formula is C22H18ClFN3O3S-. The lowest BCUT2D eigenvalue weighted by Crippen LogP contribution is -2.24. The molecule has 0 fully saturated rings. The summed E-state index contributed by atoms with van der Waals surface area (Å²) < 4.78 is 38.3. The van der Waals surface area contributed by atoms with E-state index in [0.29, 0.717) is 11.1 Å². The molecule has 0 amide bonds. The molecule has 0 saturated carbocycles. The molecule has 0 aliphatic rings. The molecule has 9 heteroatoms. The van der Waals surface area contributed by atoms with Crippen LogP contribution in [0.15, 0.2) is 77.6 Å². The van der Waals surface area contributed by atoms with E-state index in [4.69, 9.17) is 0 Å². The maximum atomic E-state index is 13.2. The summed E-state index contributed by atoms with van der Waals surface area (Å²) in [6.07, 6.45) is 0. The molecule has 31 heavy (non-hydrogen) atoms. The zero-order chi connectivity index (χ0) is 21.1. The minimum atomic E-state index is -2.33. The third-order valence-electron chi connectivity index (χ3n) is 4.73. The normalized spacial score (nSPS) is 11.8. The Hall–Kier alpha value is -2.91. The SMILES string of the molecule is Cl.O=c1c2ccccc2c(-c2ccc(CNS(=O)[O-])cc2)nn1Cc1ccc(F)cc1. The van der Waals surface area contributed by atoms with Gasteiger partial charge in [0, 0.05) is 28.8 Å². The van der Waals surface area contributed by atoms with Crippen molar-refractivity contribution in [2.45, 2.75) is 13.1 Å². The van der Waals surface area contributed by atoms with E-state index in [0.717, 1.165) is 22.1 Å². The summed E-state index contributed by atoms with van der Waals surface area (Å²) >= 11 is -2.33. The molecule has 0 aliphatic carbocycles. The van der Waals surface area contributed by atoms with Gasteiger partial charge in [0.2, 0.25) is 0 Å². The van der Waals surface area contributed by atoms with Crippen molar-refractivity contribution in [1.82, 2.24) is 14.5 Å². The highest BCUT2D eigenvalue weighted by Gasteiger charge is 2.12. The second-order valence-corrected chi connectivity index (χ2v) is 7.49. The highest BCUT2D eigenvalue weighted by molar-refractivity contribution is 7.77. The summed E-state index contributed by atoms with van der Waals surface area (Å²) in [6.45, 7) is 0.406. The minimum absolute atomic E-state index is 0. The summed E-state index contributed by atoms with van der Waals surface area (Å²) in [5, 5.41) is 5.85. The molecule has 1 heterocycles. The monoisotopic (exact) mass is 458 g/mol. The smallest absolute Gasteiger partial charge is 0.274 e. The predicted molar refractivity (Wildman–Crippen MR) is 120 cm³/mol. The molecule has 0 saturated heterocycles. The van der Waals surface area contributed by atoms with Gasteiger partial charge in [0.25, 0.3) is 5.56 Å². The second kappa shape index (κ2) is 9.93. The van der Waals surface area contributed by atoms with Crippen molar-refractivity contribution >= 4 is 34.4 Å². The third kappa shape index (κ3) is 5.23. The van der Waals surface area contributed by atoms with E-state index in [1.807, 2.05) is 24.3 Å². The molecule has 1 N–H and O–H groups in total. The van der Waals surface area contributed by atoms with Gasteiger partial charge in [-0.15, -0.1) is 12.4 Å². The summed E-state index contributed by atoms with van der Waals surface area (Å²) in [5.74, 6) is -0.339. The second-order valence-electron chi connectivity index (χ2n) is 6.74. The first-order valence-corrected chi connectivity index (χ1v) is 10.2. The molecule has 0 spiro atoms. The Labute approximate surface area is 186 Å². The van der Waals surface area contributed by atoms with Crippen LogP contribution in [-0.2, 0) is 24.4 Å². The van der Waals surface area contributed by atoms with Crippen LogP contribution in [0.25, 0.3) is 22.0 Å². The van der Waals surface area contributed by atoms with Crippen LogP contribution in [0.3, 0.4) is 0 Å². The maximum absolute atomic E-state index is 13.2. The molecule has 6 nitrogen and oxygen atoms in total. The number of hydrogen-bond donors (Lipinski definition) is 1. The maximum Gasteiger partial charge on any atom is 0.274 e. The van der Waals surface area contributed by atoms with Crippen molar-refractivity contribution in [3.8, 4) is 11.3 Å². The lowest BCUT2D eigenvalue weighted by Gasteiger charge is -2.12. The first-order chi connectivity index (χ1) is 14.5. The zero-order valence-corrected chi connectivity index (χ0v) is 17.8. The molecule has 1 unspecified atom stereocenters. The summed E-state index contributed by atoms with van der Waals surface area (Å²) in [6, 6.07) is 20.5. The van der Waals surface area contributed by atoms with E-state index in [2.05, 4.69) is 9.82 Å². The Morgan fingerprint density at radius 3 is 2.19 bits per heavy atom. The quantitative estimate of drug-likeness (QED) is 0.447. The van der Waals surface area contributed by atoms with Crippen LogP contribution in [0.1, 0.15) is 11.1 Å². The first-order valence-electron chi connectivity index (χ1n) is 9.17. The fourth-order valence-corrected chi connectivity index (χ4v) is 3.53. The van der Waals surface area contributed by atoms with E-state index >= 15 is 0 Å². The van der Waals surface area contributed by atoms with Crippen molar-refractivity contribution in [3.05, 3.63) is 100 Å². The number of rotatable bonds is 6. The van der Waals surface area contributed by atoms with Crippen LogP contribution in [0.2, 0.25) is 0 Å². The summed E-state index contributed by atoms with van der Waals surface area (Å²) in [5.41, 5.74) is 2.77. The van der Waals surface area contributed by atoms with E-state index in [9.17, 15) is 17.9 Å². The van der Waals surface area contributed by atoms with Gasteiger partial charge in [-0.1, -0.05) is 54.6 Å². The predicted octanol–water partition coefficient (Wildman–Crippen LogP) is 3.56. The standard InChI is InChI=1S/C22H18FN3O3S.ClH/c23-18-11-7-16(8-12-18)14-26-22(27)20-4-2-1-3-19(20)21(25-26)17-9-5-15(6-10-17)13-24-30(28)29;/h1-12,24H,13-14H2,(H,28,29);1H/p-1. The number of nitrogens with zero attached hydrogens (tertiary/aromatic N) is 2. The van der Waals surface area contributed by atoms with Crippen LogP contribution in [0.5, 0.6) is 0 Å². The molecule has 0 bridgehead atoms. The number of hydrogen-bond acceptors (Lipinski definition) is 4. The number of nitrogens with one attached hydrogen (secondary N) is 1. The summed E-state index contributed by atoms with van der Waals surface area (Å²) in [7, 11) is 0. The lowest BCUT2D eigenvalue weighted by atomic mass is 10.0. The van der Waals surface area contributed by atoms with Crippen molar-refractivity contribution < 1.29 is 13.2 Å². The molecule has 0 radical (unpaired) electrons. The molecule has 1 atom stereocenters. The van der Waals surface area contributed by atoms with E-state index < -0.39 is 11.3 Å². The molecule has 160 valence electrons. The fourth-order valence-electron chi connectivity index (χ4n) is 3.24. The molecule has 0 aliphatic heterocycles. The van der Waals surface area contributed by atoms with Gasteiger partial charge in [0.05, 0.1) is 17.6 Å². The Balaban J connectivity index is 0.00000272. The van der Waals surface area contributed by atoms with Gasteiger partial charge in [-0.2, -0.15) is 5.10 Å². The van der Waals surface area contributed by atoms with E-state index in [-0.39, 0.29) is 36.9 Å². The minimum Gasteiger partial charge on any atom is -0.760 e. The Bertz CT molecular complexity index is 1280. The molecule has 4 aromatic rings. The fraction of sp³-hybridized carbons (Fsp3) is 0.0909. The largest absolute Gasteiger partial charge is 0.760 e. The first kappa shape index (κ1) is 22.8. The Morgan fingerprint density at radius 1 is 0.935 bits per heavy atom. The van der Waals surface area contributed by atoms with E-state index in [1.165, 1.54) is 16.8 Å². The summed E-state index contributed by atoms with van der Waals surface area (Å²) in [4.78, 5) is 12.9. The van der Waals surface area contributed by atoms with Gasteiger partial charge in [-0.25, -0.2) is 13.8 Å². The third-order valence-corrected chi connectivity index (χ3v) is 5.11. The highest BCUT2D eigenvalue weighted by Crippen LogP contribution is 2.25. The van der Waals surface area contributed by atoms with Gasteiger partial charge < -0.3 is 4.55 Å². The van der Waals surface area contributed by atoms with Crippen LogP contribution in [0, 0.1) is 5.82 Å². The average Bonchev–Trinajstić information content (AvgIpc) is 2.76. The van der Waals surface area contributed by atoms with Crippen molar-refractivity contribution in [2.75, 3.05) is 0 Å². The highest BCUT2D eigenvalue weighted by atomic mass is 35.5. The van der Waals surface area contributed by atoms with Crippen LogP contribution >= 0.6 is 12.4 Å². The Morgan fingerprint density at radius 2 is 1.55 bits per heavy atom. The van der Waals surface area contributed by atoms with Gasteiger partial charge in [-0.05, 0) is 29.3 Å². The van der Waals surface area contributed by atoms with Gasteiger partial charge in [0.1, 0.15) is 5.82 Å². The molecular weight excluding hydrogens is 441 g/mol. The van der Waals surface area contributed by atoms with Crippen molar-refractivity contribution in [3.63, 3.8) is 0 Å². The number of aromatic nitrogens is 2. The topological polar surface area (TPSA) is 87.1 Å². The van der Waals surface area contributed by atoms with E-state index in [1.54, 1.807) is 36.4 Å². The van der Waals surface area contributed by atoms with Gasteiger partial charge in [0.15, 0.2) is 0 Å². The Kier molecular flexibility index (Phi) is 7.29.